The number of fused-ring (bicyclic) bond motifs is 1. The molecule has 1 aliphatic rings. The number of rotatable bonds is 1. The summed E-state index contributed by atoms with van der Waals surface area (Å²) in [6, 6.07) is 6.92. The van der Waals surface area contributed by atoms with Crippen LogP contribution in [0.25, 0.3) is 0 Å². The number of anilines is 1. The fourth-order valence-corrected chi connectivity index (χ4v) is 1.23. The predicted octanol–water partition coefficient (Wildman–Crippen LogP) is 1.24. The zero-order chi connectivity index (χ0) is 7.84. The molecule has 0 aliphatic carbocycles. The number of carbonyl (C=O) groups is 1. The lowest BCUT2D eigenvalue weighted by molar-refractivity contribution is -0.138. The van der Waals surface area contributed by atoms with Crippen LogP contribution in [0.5, 0.6) is 0 Å². The zero-order valence-corrected chi connectivity index (χ0v) is 5.74. The molecule has 1 atom stereocenters. The van der Waals surface area contributed by atoms with Gasteiger partial charge in [-0.3, -0.25) is 0 Å². The summed E-state index contributed by atoms with van der Waals surface area (Å²) in [6.07, 6.45) is 0. The Morgan fingerprint density at radius 2 is 2.18 bits per heavy atom. The van der Waals surface area contributed by atoms with Gasteiger partial charge in [0.1, 0.15) is 0 Å². The fourth-order valence-electron chi connectivity index (χ4n) is 1.23. The molecule has 1 aromatic carbocycles. The first-order valence-electron chi connectivity index (χ1n) is 3.37. The number of para-hydroxylation sites is 1. The largest absolute Gasteiger partial charge is 0.479 e. The van der Waals surface area contributed by atoms with Gasteiger partial charge in [0.2, 0.25) is 0 Å². The average molecular weight is 149 g/mol. The van der Waals surface area contributed by atoms with Crippen molar-refractivity contribution in [1.29, 1.82) is 0 Å². The van der Waals surface area contributed by atoms with Crippen molar-refractivity contribution in [3.05, 3.63) is 29.8 Å². The van der Waals surface area contributed by atoms with E-state index in [1.165, 1.54) is 0 Å². The first-order chi connectivity index (χ1) is 5.29. The van der Waals surface area contributed by atoms with Gasteiger partial charge >= 0.3 is 5.97 Å². The van der Waals surface area contributed by atoms with Gasteiger partial charge in [-0.2, -0.15) is 0 Å². The van der Waals surface area contributed by atoms with Gasteiger partial charge in [0.25, 0.3) is 0 Å². The van der Waals surface area contributed by atoms with Gasteiger partial charge in [-0.1, -0.05) is 18.2 Å². The Bertz CT molecular complexity index is 309. The molecule has 3 nitrogen and oxygen atoms in total. The molecule has 0 fully saturated rings. The second-order valence-electron chi connectivity index (χ2n) is 2.50. The van der Waals surface area contributed by atoms with E-state index in [0.29, 0.717) is 0 Å². The van der Waals surface area contributed by atoms with Crippen molar-refractivity contribution in [2.45, 2.75) is 6.04 Å². The predicted molar refractivity (Wildman–Crippen MR) is 40.4 cm³/mol. The highest BCUT2D eigenvalue weighted by Gasteiger charge is 2.30. The van der Waals surface area contributed by atoms with Gasteiger partial charge in [0, 0.05) is 11.3 Å². The van der Waals surface area contributed by atoms with Gasteiger partial charge in [-0.15, -0.1) is 0 Å². The number of carboxylic acids is 1. The van der Waals surface area contributed by atoms with Crippen LogP contribution in [0.15, 0.2) is 24.3 Å². The summed E-state index contributed by atoms with van der Waals surface area (Å²) in [7, 11) is 0. The quantitative estimate of drug-likeness (QED) is 0.631. The second kappa shape index (κ2) is 1.99. The molecule has 0 amide bonds. The Kier molecular flexibility index (Phi) is 1.12. The van der Waals surface area contributed by atoms with Crippen molar-refractivity contribution in [3.8, 4) is 0 Å². The minimum absolute atomic E-state index is 0.494. The molecule has 56 valence electrons. The van der Waals surface area contributed by atoms with Crippen LogP contribution in [0, 0.1) is 0 Å². The van der Waals surface area contributed by atoms with Crippen LogP contribution in [0.4, 0.5) is 5.69 Å². The number of hydrogen-bond donors (Lipinski definition) is 2. The van der Waals surface area contributed by atoms with Crippen LogP contribution in [-0.4, -0.2) is 11.1 Å². The highest BCUT2D eigenvalue weighted by atomic mass is 16.4. The molecule has 2 rings (SSSR count). The molecule has 0 spiro atoms. The van der Waals surface area contributed by atoms with E-state index in [4.69, 9.17) is 5.11 Å². The second-order valence-corrected chi connectivity index (χ2v) is 2.50. The lowest BCUT2D eigenvalue weighted by atomic mass is 9.97. The maximum atomic E-state index is 10.5. The van der Waals surface area contributed by atoms with E-state index in [2.05, 4.69) is 5.32 Å². The molecule has 11 heavy (non-hydrogen) atoms. The van der Waals surface area contributed by atoms with Crippen molar-refractivity contribution in [3.63, 3.8) is 0 Å². The maximum absolute atomic E-state index is 10.5. The van der Waals surface area contributed by atoms with Crippen LogP contribution in [0.2, 0.25) is 0 Å². The summed E-state index contributed by atoms with van der Waals surface area (Å²) in [5.41, 5.74) is 1.81. The molecule has 2 N–H and O–H groups in total. The summed E-state index contributed by atoms with van der Waals surface area (Å²) < 4.78 is 0. The van der Waals surface area contributed by atoms with Gasteiger partial charge in [-0.25, -0.2) is 4.79 Å². The number of nitrogens with one attached hydrogen (secondary N) is 1. The van der Waals surface area contributed by atoms with E-state index in [1.807, 2.05) is 24.3 Å². The van der Waals surface area contributed by atoms with E-state index in [-0.39, 0.29) is 0 Å². The summed E-state index contributed by atoms with van der Waals surface area (Å²) in [4.78, 5) is 10.5. The van der Waals surface area contributed by atoms with E-state index in [0.717, 1.165) is 11.3 Å². The minimum Gasteiger partial charge on any atom is -0.479 e. The summed E-state index contributed by atoms with van der Waals surface area (Å²) in [6.45, 7) is 0. The van der Waals surface area contributed by atoms with Crippen LogP contribution in [0.1, 0.15) is 11.6 Å². The van der Waals surface area contributed by atoms with Crippen LogP contribution >= 0.6 is 0 Å². The van der Waals surface area contributed by atoms with Crippen molar-refractivity contribution in [2.75, 3.05) is 5.32 Å². The van der Waals surface area contributed by atoms with Crippen molar-refractivity contribution in [2.24, 2.45) is 0 Å². The Balaban J connectivity index is 2.36. The molecule has 1 heterocycles. The monoisotopic (exact) mass is 149 g/mol. The van der Waals surface area contributed by atoms with Crippen LogP contribution in [0.3, 0.4) is 0 Å². The molecule has 0 saturated heterocycles. The van der Waals surface area contributed by atoms with Gasteiger partial charge in [-0.05, 0) is 6.07 Å². The Morgan fingerprint density at radius 3 is 2.82 bits per heavy atom. The lowest BCUT2D eigenvalue weighted by Gasteiger charge is -2.28. The molecule has 1 unspecified atom stereocenters. The summed E-state index contributed by atoms with van der Waals surface area (Å²) in [5.74, 6) is -0.816. The number of aliphatic carboxylic acids is 1. The summed E-state index contributed by atoms with van der Waals surface area (Å²) >= 11 is 0. The SMILES string of the molecule is O=C(O)C1Nc2ccccc21. The van der Waals surface area contributed by atoms with Crippen molar-refractivity contribution in [1.82, 2.24) is 0 Å². The zero-order valence-electron chi connectivity index (χ0n) is 5.74. The molecule has 1 aromatic rings. The lowest BCUT2D eigenvalue weighted by Crippen LogP contribution is -2.29. The normalized spacial score (nSPS) is 19.5. The molecule has 0 saturated carbocycles. The third-order valence-electron chi connectivity index (χ3n) is 1.82. The Morgan fingerprint density at radius 1 is 1.45 bits per heavy atom. The molecule has 0 radical (unpaired) electrons. The van der Waals surface area contributed by atoms with Gasteiger partial charge in [0.15, 0.2) is 6.04 Å². The number of hydrogen-bond acceptors (Lipinski definition) is 2. The Hall–Kier alpha value is -1.51. The van der Waals surface area contributed by atoms with Crippen LogP contribution in [-0.2, 0) is 4.79 Å². The molecular formula is C8H7NO2. The smallest absolute Gasteiger partial charge is 0.330 e. The highest BCUT2D eigenvalue weighted by molar-refractivity contribution is 5.87. The molecule has 0 aromatic heterocycles. The standard InChI is InChI=1S/C8H7NO2/c10-8(11)7-5-3-1-2-4-6(5)9-7/h1-4,7,9H,(H,10,11). The van der Waals surface area contributed by atoms with E-state index < -0.39 is 12.0 Å². The molecule has 0 bridgehead atoms. The summed E-state index contributed by atoms with van der Waals surface area (Å²) in [5, 5.41) is 11.4. The van der Waals surface area contributed by atoms with Gasteiger partial charge in [0.05, 0.1) is 0 Å². The first-order valence-corrected chi connectivity index (χ1v) is 3.37. The Labute approximate surface area is 63.7 Å². The highest BCUT2D eigenvalue weighted by Crippen LogP contribution is 2.35. The minimum atomic E-state index is -0.816. The van der Waals surface area contributed by atoms with E-state index >= 15 is 0 Å². The van der Waals surface area contributed by atoms with Crippen LogP contribution < -0.4 is 5.32 Å². The number of carboxylic acid groups (broad SMARTS) is 1. The van der Waals surface area contributed by atoms with Crippen molar-refractivity contribution < 1.29 is 9.90 Å². The molecular weight excluding hydrogens is 142 g/mol. The maximum Gasteiger partial charge on any atom is 0.330 e. The first kappa shape index (κ1) is 6.22. The molecule has 1 aliphatic heterocycles. The number of benzene rings is 1. The van der Waals surface area contributed by atoms with Gasteiger partial charge < -0.3 is 10.4 Å². The van der Waals surface area contributed by atoms with E-state index in [1.54, 1.807) is 0 Å². The fraction of sp³-hybridized carbons (Fsp3) is 0.125. The van der Waals surface area contributed by atoms with Crippen molar-refractivity contribution >= 4 is 11.7 Å². The van der Waals surface area contributed by atoms with E-state index in [9.17, 15) is 4.79 Å². The topological polar surface area (TPSA) is 49.3 Å². The average Bonchev–Trinajstić information content (AvgIpc) is 1.90. The molecule has 3 heteroatoms. The third kappa shape index (κ3) is 0.774. The third-order valence-corrected chi connectivity index (χ3v) is 1.82.